The Morgan fingerprint density at radius 3 is 2.30 bits per heavy atom. The lowest BCUT2D eigenvalue weighted by atomic mass is 10.1. The van der Waals surface area contributed by atoms with E-state index in [1.807, 2.05) is 11.8 Å². The van der Waals surface area contributed by atoms with Gasteiger partial charge in [0.1, 0.15) is 6.79 Å². The van der Waals surface area contributed by atoms with Gasteiger partial charge < -0.3 is 30.9 Å². The third-order valence-corrected chi connectivity index (χ3v) is 2.93. The lowest BCUT2D eigenvalue weighted by Gasteiger charge is -2.26. The van der Waals surface area contributed by atoms with Crippen molar-refractivity contribution in [3.05, 3.63) is 0 Å². The van der Waals surface area contributed by atoms with E-state index in [1.54, 1.807) is 0 Å². The van der Waals surface area contributed by atoms with Crippen LogP contribution < -0.4 is 5.73 Å². The van der Waals surface area contributed by atoms with Crippen LogP contribution in [0.4, 0.5) is 0 Å². The van der Waals surface area contributed by atoms with Crippen molar-refractivity contribution in [2.45, 2.75) is 44.4 Å². The zero-order valence-corrected chi connectivity index (χ0v) is 12.3. The van der Waals surface area contributed by atoms with Gasteiger partial charge >= 0.3 is 0 Å². The van der Waals surface area contributed by atoms with Gasteiger partial charge in [0.25, 0.3) is 0 Å². The lowest BCUT2D eigenvalue weighted by Crippen LogP contribution is -2.41. The van der Waals surface area contributed by atoms with Crippen molar-refractivity contribution in [2.75, 3.05) is 39.6 Å². The highest BCUT2D eigenvalue weighted by Gasteiger charge is 2.15. The number of nitrogens with zero attached hydrogens (tertiary/aromatic N) is 1. The van der Waals surface area contributed by atoms with Gasteiger partial charge in [-0.1, -0.05) is 6.42 Å². The molecule has 0 fully saturated rings. The van der Waals surface area contributed by atoms with Crippen LogP contribution in [0.1, 0.15) is 26.2 Å². The molecule has 6 N–H and O–H groups in total. The Kier molecular flexibility index (Phi) is 12.3. The summed E-state index contributed by atoms with van der Waals surface area (Å²) in [6, 6.07) is 0.176. The molecule has 0 aromatic carbocycles. The van der Waals surface area contributed by atoms with E-state index >= 15 is 0 Å². The van der Waals surface area contributed by atoms with E-state index in [0.717, 1.165) is 19.3 Å². The number of nitrogens with two attached hydrogens (primary N) is 1. The standard InChI is InChI=1S/C13H30N2O5/c1-11(14)4-2-3-5-15(6-12(18)8-16)7-13(19)9-20-10-17/h11-13,16-19H,2-10,14H2,1H3/t11-,12-,13?/m1/s1. The maximum atomic E-state index is 9.74. The minimum absolute atomic E-state index is 0.0437. The first-order valence-electron chi connectivity index (χ1n) is 7.13. The van der Waals surface area contributed by atoms with Gasteiger partial charge in [0, 0.05) is 19.1 Å². The van der Waals surface area contributed by atoms with E-state index in [4.69, 9.17) is 20.7 Å². The number of hydrogen-bond acceptors (Lipinski definition) is 7. The van der Waals surface area contributed by atoms with Gasteiger partial charge in [-0.15, -0.1) is 0 Å². The van der Waals surface area contributed by atoms with E-state index < -0.39 is 19.0 Å². The van der Waals surface area contributed by atoms with Gasteiger partial charge in [0.2, 0.25) is 0 Å². The number of unbranched alkanes of at least 4 members (excludes halogenated alkanes) is 1. The molecule has 0 bridgehead atoms. The van der Waals surface area contributed by atoms with Crippen LogP contribution in [-0.2, 0) is 4.74 Å². The molecule has 0 radical (unpaired) electrons. The predicted octanol–water partition coefficient (Wildman–Crippen LogP) is -1.51. The van der Waals surface area contributed by atoms with E-state index in [0.29, 0.717) is 19.6 Å². The van der Waals surface area contributed by atoms with Gasteiger partial charge in [-0.2, -0.15) is 0 Å². The minimum Gasteiger partial charge on any atom is -0.394 e. The first-order valence-corrected chi connectivity index (χ1v) is 7.13. The van der Waals surface area contributed by atoms with Crippen LogP contribution in [0.25, 0.3) is 0 Å². The van der Waals surface area contributed by atoms with Gasteiger partial charge in [0.15, 0.2) is 0 Å². The molecule has 7 heteroatoms. The highest BCUT2D eigenvalue weighted by molar-refractivity contribution is 4.69. The number of rotatable bonds is 13. The summed E-state index contributed by atoms with van der Waals surface area (Å²) in [5, 5.41) is 36.7. The van der Waals surface area contributed by atoms with Crippen LogP contribution in [-0.4, -0.2) is 83.2 Å². The van der Waals surface area contributed by atoms with Crippen LogP contribution in [0.15, 0.2) is 0 Å². The molecule has 7 nitrogen and oxygen atoms in total. The fraction of sp³-hybridized carbons (Fsp3) is 1.00. The van der Waals surface area contributed by atoms with Crippen LogP contribution >= 0.6 is 0 Å². The van der Waals surface area contributed by atoms with Crippen molar-refractivity contribution in [1.29, 1.82) is 0 Å². The molecule has 0 saturated carbocycles. The average Bonchev–Trinajstić information content (AvgIpc) is 2.40. The summed E-state index contributed by atoms with van der Waals surface area (Å²) in [4.78, 5) is 1.88. The van der Waals surface area contributed by atoms with Crippen molar-refractivity contribution < 1.29 is 25.2 Å². The molecule has 0 aliphatic heterocycles. The summed E-state index contributed by atoms with van der Waals surface area (Å²) in [7, 11) is 0. The maximum Gasteiger partial charge on any atom is 0.143 e. The second kappa shape index (κ2) is 12.5. The van der Waals surface area contributed by atoms with Crippen LogP contribution in [0.5, 0.6) is 0 Å². The van der Waals surface area contributed by atoms with Crippen molar-refractivity contribution >= 4 is 0 Å². The van der Waals surface area contributed by atoms with Crippen molar-refractivity contribution in [3.63, 3.8) is 0 Å². The Morgan fingerprint density at radius 1 is 1.10 bits per heavy atom. The summed E-state index contributed by atoms with van der Waals surface area (Å²) in [5.74, 6) is 0. The molecule has 20 heavy (non-hydrogen) atoms. The highest BCUT2D eigenvalue weighted by Crippen LogP contribution is 2.04. The third kappa shape index (κ3) is 11.5. The summed E-state index contributed by atoms with van der Waals surface area (Å²) in [6.45, 7) is 2.61. The number of hydrogen-bond donors (Lipinski definition) is 5. The van der Waals surface area contributed by atoms with Crippen LogP contribution in [0.3, 0.4) is 0 Å². The zero-order chi connectivity index (χ0) is 15.4. The maximum absolute atomic E-state index is 9.74. The lowest BCUT2D eigenvalue weighted by molar-refractivity contribution is -0.0519. The molecule has 0 rings (SSSR count). The first kappa shape index (κ1) is 19.7. The number of aliphatic hydroxyl groups excluding tert-OH is 4. The monoisotopic (exact) mass is 294 g/mol. The summed E-state index contributed by atoms with van der Waals surface area (Å²) in [6.07, 6.45) is 1.27. The van der Waals surface area contributed by atoms with Gasteiger partial charge in [-0.05, 0) is 26.3 Å². The Morgan fingerprint density at radius 2 is 1.75 bits per heavy atom. The van der Waals surface area contributed by atoms with Gasteiger partial charge in [0.05, 0.1) is 25.4 Å². The largest absolute Gasteiger partial charge is 0.394 e. The van der Waals surface area contributed by atoms with E-state index in [-0.39, 0.29) is 19.3 Å². The smallest absolute Gasteiger partial charge is 0.143 e. The Hall–Kier alpha value is -0.280. The zero-order valence-electron chi connectivity index (χ0n) is 12.3. The van der Waals surface area contributed by atoms with E-state index in [9.17, 15) is 10.2 Å². The average molecular weight is 294 g/mol. The Balaban J connectivity index is 4.05. The molecule has 0 aromatic rings. The van der Waals surface area contributed by atoms with Crippen molar-refractivity contribution in [3.8, 4) is 0 Å². The molecule has 122 valence electrons. The van der Waals surface area contributed by atoms with Crippen molar-refractivity contribution in [2.24, 2.45) is 5.73 Å². The second-order valence-electron chi connectivity index (χ2n) is 5.22. The molecule has 0 aliphatic rings. The van der Waals surface area contributed by atoms with Crippen molar-refractivity contribution in [1.82, 2.24) is 4.90 Å². The van der Waals surface area contributed by atoms with Crippen LogP contribution in [0.2, 0.25) is 0 Å². The Bertz CT molecular complexity index is 219. The fourth-order valence-electron chi connectivity index (χ4n) is 1.95. The summed E-state index contributed by atoms with van der Waals surface area (Å²) < 4.78 is 4.74. The molecule has 0 aliphatic carbocycles. The number of ether oxygens (including phenoxy) is 1. The van der Waals surface area contributed by atoms with E-state index in [1.165, 1.54) is 0 Å². The van der Waals surface area contributed by atoms with Gasteiger partial charge in [-0.25, -0.2) is 0 Å². The Labute approximate surface area is 121 Å². The first-order chi connectivity index (χ1) is 9.49. The molecule has 0 amide bonds. The molecule has 1 unspecified atom stereocenters. The minimum atomic E-state index is -0.825. The molecule has 3 atom stereocenters. The molecular weight excluding hydrogens is 264 g/mol. The highest BCUT2D eigenvalue weighted by atomic mass is 16.6. The van der Waals surface area contributed by atoms with Gasteiger partial charge in [-0.3, -0.25) is 4.90 Å². The second-order valence-corrected chi connectivity index (χ2v) is 5.22. The molecule has 0 saturated heterocycles. The third-order valence-electron chi connectivity index (χ3n) is 2.93. The quantitative estimate of drug-likeness (QED) is 0.207. The normalized spacial score (nSPS) is 16.4. The summed E-state index contributed by atoms with van der Waals surface area (Å²) in [5.41, 5.74) is 5.68. The molecule has 0 heterocycles. The molecule has 0 spiro atoms. The summed E-state index contributed by atoms with van der Waals surface area (Å²) >= 11 is 0. The molecular formula is C13H30N2O5. The molecule has 0 aromatic heterocycles. The number of aliphatic hydroxyl groups is 4. The van der Waals surface area contributed by atoms with E-state index in [2.05, 4.69) is 0 Å². The topological polar surface area (TPSA) is 119 Å². The fourth-order valence-corrected chi connectivity index (χ4v) is 1.95. The predicted molar refractivity (Wildman–Crippen MR) is 76.1 cm³/mol. The SMILES string of the molecule is C[C@@H](N)CCCCN(CC(O)COCO)C[C@@H](O)CO. The van der Waals surface area contributed by atoms with Crippen LogP contribution in [0, 0.1) is 0 Å².